The number of carbonyl (C=O) groups is 1. The summed E-state index contributed by atoms with van der Waals surface area (Å²) in [5.41, 5.74) is 1.01. The van der Waals surface area contributed by atoms with Crippen molar-refractivity contribution in [3.63, 3.8) is 0 Å². The summed E-state index contributed by atoms with van der Waals surface area (Å²) in [5, 5.41) is 18.9. The molecule has 32 heavy (non-hydrogen) atoms. The van der Waals surface area contributed by atoms with Gasteiger partial charge in [-0.25, -0.2) is 0 Å². The lowest BCUT2D eigenvalue weighted by Gasteiger charge is -2.37. The summed E-state index contributed by atoms with van der Waals surface area (Å²) < 4.78 is 2.08. The zero-order valence-corrected chi connectivity index (χ0v) is 20.0. The van der Waals surface area contributed by atoms with E-state index in [9.17, 15) is 20.0 Å². The van der Waals surface area contributed by atoms with E-state index in [0.29, 0.717) is 58.9 Å². The molecule has 170 valence electrons. The van der Waals surface area contributed by atoms with Crippen molar-refractivity contribution in [2.45, 2.75) is 20.4 Å². The Hall–Kier alpha value is -2.45. The van der Waals surface area contributed by atoms with Crippen LogP contribution >= 0.6 is 24.0 Å². The van der Waals surface area contributed by atoms with Crippen LogP contribution in [0, 0.1) is 18.3 Å². The minimum Gasteiger partial charge on any atom is -0.395 e. The molecule has 8 nitrogen and oxygen atoms in total. The number of rotatable bonds is 7. The van der Waals surface area contributed by atoms with Gasteiger partial charge in [0, 0.05) is 51.4 Å². The maximum absolute atomic E-state index is 13.1. The van der Waals surface area contributed by atoms with Crippen molar-refractivity contribution in [2.24, 2.45) is 0 Å². The predicted octanol–water partition coefficient (Wildman–Crippen LogP) is 1.55. The quantitative estimate of drug-likeness (QED) is 0.362. The van der Waals surface area contributed by atoms with Crippen LogP contribution in [0.2, 0.25) is 0 Å². The van der Waals surface area contributed by atoms with Gasteiger partial charge in [0.05, 0.1) is 11.5 Å². The van der Waals surface area contributed by atoms with E-state index in [1.165, 1.54) is 16.7 Å². The molecule has 0 atom stereocenters. The van der Waals surface area contributed by atoms with Crippen LogP contribution in [0.3, 0.4) is 0 Å². The lowest BCUT2D eigenvalue weighted by Crippen LogP contribution is -2.49. The van der Waals surface area contributed by atoms with Crippen molar-refractivity contribution in [3.05, 3.63) is 44.6 Å². The monoisotopic (exact) mass is 473 g/mol. The minimum atomic E-state index is -0.323. The van der Waals surface area contributed by atoms with Gasteiger partial charge in [0.2, 0.25) is 0 Å². The maximum Gasteiger partial charge on any atom is 0.270 e. The molecule has 0 aliphatic carbocycles. The average molecular weight is 474 g/mol. The summed E-state index contributed by atoms with van der Waals surface area (Å²) in [6.07, 6.45) is 3.39. The van der Waals surface area contributed by atoms with Gasteiger partial charge >= 0.3 is 0 Å². The van der Waals surface area contributed by atoms with Crippen molar-refractivity contribution in [3.8, 4) is 6.07 Å². The van der Waals surface area contributed by atoms with Crippen molar-refractivity contribution < 1.29 is 9.90 Å². The van der Waals surface area contributed by atoms with E-state index in [-0.39, 0.29) is 23.6 Å². The van der Waals surface area contributed by atoms with Crippen LogP contribution in [0.5, 0.6) is 0 Å². The first-order valence-corrected chi connectivity index (χ1v) is 11.7. The minimum absolute atomic E-state index is 0.0855. The van der Waals surface area contributed by atoms with E-state index < -0.39 is 0 Å². The lowest BCUT2D eigenvalue weighted by atomic mass is 10.0. The number of β-amino-alcohol motifs (C(OH)–C–C–N with tert-alkyl or cyclic N) is 1. The molecule has 3 rings (SSSR count). The molecule has 2 saturated heterocycles. The van der Waals surface area contributed by atoms with Crippen LogP contribution in [0.1, 0.15) is 23.6 Å². The number of nitrogens with zero attached hydrogens (tertiary/aromatic N) is 5. The number of carbonyl (C=O) groups excluding carboxylic acids is 1. The van der Waals surface area contributed by atoms with Gasteiger partial charge in [-0.1, -0.05) is 30.1 Å². The Morgan fingerprint density at radius 3 is 2.53 bits per heavy atom. The second-order valence-corrected chi connectivity index (χ2v) is 9.21. The van der Waals surface area contributed by atoms with Crippen LogP contribution in [-0.4, -0.2) is 75.6 Å². The highest BCUT2D eigenvalue weighted by Crippen LogP contribution is 2.36. The Bertz CT molecular complexity index is 1060. The third-order valence-corrected chi connectivity index (χ3v) is 7.09. The summed E-state index contributed by atoms with van der Waals surface area (Å²) in [7, 11) is 0. The second kappa shape index (κ2) is 10.4. The van der Waals surface area contributed by atoms with Crippen molar-refractivity contribution in [1.82, 2.24) is 14.4 Å². The first-order valence-electron chi connectivity index (χ1n) is 10.5. The van der Waals surface area contributed by atoms with E-state index in [2.05, 4.69) is 16.4 Å². The van der Waals surface area contributed by atoms with Gasteiger partial charge in [0.15, 0.2) is 0 Å². The number of aromatic nitrogens is 1. The van der Waals surface area contributed by atoms with E-state index in [1.807, 2.05) is 13.0 Å². The number of amides is 1. The Morgan fingerprint density at radius 2 is 1.97 bits per heavy atom. The van der Waals surface area contributed by atoms with E-state index in [4.69, 9.17) is 12.2 Å². The smallest absolute Gasteiger partial charge is 0.270 e. The number of aliphatic hydroxyl groups excluding tert-OH is 1. The van der Waals surface area contributed by atoms with Crippen molar-refractivity contribution in [1.29, 1.82) is 5.26 Å². The lowest BCUT2D eigenvalue weighted by molar-refractivity contribution is -0.121. The Kier molecular flexibility index (Phi) is 7.90. The molecule has 0 aromatic carbocycles. The molecule has 1 aromatic heterocycles. The molecule has 0 saturated carbocycles. The standard InChI is InChI=1S/C22H27N5O3S2/c1-4-6-27-21(30)18(32-22(27)31)13-16-15(3)17(14-23)20(29)26(5-2)19(16)25-9-7-24(8-10-25)11-12-28/h4,13,28H,1,5-12H2,2-3H3/b18-13-. The molecule has 2 aliphatic rings. The normalized spacial score (nSPS) is 18.5. The summed E-state index contributed by atoms with van der Waals surface area (Å²) in [4.78, 5) is 32.2. The Balaban J connectivity index is 2.14. The van der Waals surface area contributed by atoms with Crippen LogP contribution in [-0.2, 0) is 11.3 Å². The van der Waals surface area contributed by atoms with Crippen molar-refractivity contribution >= 4 is 46.1 Å². The third-order valence-electron chi connectivity index (χ3n) is 5.71. The molecule has 10 heteroatoms. The summed E-state index contributed by atoms with van der Waals surface area (Å²) in [6.45, 7) is 11.6. The van der Waals surface area contributed by atoms with E-state index in [1.54, 1.807) is 23.6 Å². The Labute approximate surface area is 197 Å². The molecule has 0 spiro atoms. The van der Waals surface area contributed by atoms with E-state index in [0.717, 1.165) is 13.1 Å². The predicted molar refractivity (Wildman–Crippen MR) is 132 cm³/mol. The topological polar surface area (TPSA) is 92.8 Å². The number of hydrogen-bond donors (Lipinski definition) is 1. The molecular formula is C22H27N5O3S2. The van der Waals surface area contributed by atoms with Gasteiger partial charge in [0.1, 0.15) is 21.8 Å². The molecule has 1 N–H and O–H groups in total. The van der Waals surface area contributed by atoms with Crippen LogP contribution in [0.15, 0.2) is 22.4 Å². The highest BCUT2D eigenvalue weighted by Gasteiger charge is 2.33. The van der Waals surface area contributed by atoms with Gasteiger partial charge in [-0.2, -0.15) is 5.26 Å². The number of aliphatic hydroxyl groups is 1. The van der Waals surface area contributed by atoms with E-state index >= 15 is 0 Å². The fourth-order valence-corrected chi connectivity index (χ4v) is 5.28. The summed E-state index contributed by atoms with van der Waals surface area (Å²) in [5.74, 6) is 0.511. The van der Waals surface area contributed by atoms with Crippen molar-refractivity contribution in [2.75, 3.05) is 50.8 Å². The highest BCUT2D eigenvalue weighted by molar-refractivity contribution is 8.26. The van der Waals surface area contributed by atoms with Gasteiger partial charge < -0.3 is 10.0 Å². The largest absolute Gasteiger partial charge is 0.395 e. The third kappa shape index (κ3) is 4.52. The number of anilines is 1. The Morgan fingerprint density at radius 1 is 1.28 bits per heavy atom. The SMILES string of the molecule is C=CCN1C(=O)/C(=C/c2c(C)c(C#N)c(=O)n(CC)c2N2CCN(CCO)CC2)SC1=S. The summed E-state index contributed by atoms with van der Waals surface area (Å²) in [6, 6.07) is 2.05. The van der Waals surface area contributed by atoms with Gasteiger partial charge in [-0.3, -0.25) is 24.0 Å². The van der Waals surface area contributed by atoms with Gasteiger partial charge in [-0.05, 0) is 25.5 Å². The number of piperazine rings is 1. The molecule has 3 heterocycles. The number of pyridine rings is 1. The fraction of sp³-hybridized carbons (Fsp3) is 0.455. The fourth-order valence-electron chi connectivity index (χ4n) is 4.02. The van der Waals surface area contributed by atoms with Crippen LogP contribution in [0.4, 0.5) is 5.82 Å². The summed E-state index contributed by atoms with van der Waals surface area (Å²) >= 11 is 6.57. The number of hydrogen-bond acceptors (Lipinski definition) is 8. The first-order chi connectivity index (χ1) is 15.4. The highest BCUT2D eigenvalue weighted by atomic mass is 32.2. The molecule has 1 aromatic rings. The maximum atomic E-state index is 13.1. The molecule has 0 radical (unpaired) electrons. The number of thiocarbonyl (C=S) groups is 1. The van der Waals surface area contributed by atoms with Crippen LogP contribution < -0.4 is 10.5 Å². The molecule has 2 fully saturated rings. The van der Waals surface area contributed by atoms with Crippen LogP contribution in [0.25, 0.3) is 6.08 Å². The van der Waals surface area contributed by atoms with Gasteiger partial charge in [0.25, 0.3) is 11.5 Å². The zero-order chi connectivity index (χ0) is 23.4. The average Bonchev–Trinajstić information content (AvgIpc) is 3.04. The first kappa shape index (κ1) is 24.2. The number of nitriles is 1. The molecule has 0 bridgehead atoms. The molecule has 2 aliphatic heterocycles. The zero-order valence-electron chi connectivity index (χ0n) is 18.3. The number of thioether (sulfide) groups is 1. The van der Waals surface area contributed by atoms with Gasteiger partial charge in [-0.15, -0.1) is 6.58 Å². The molecular weight excluding hydrogens is 446 g/mol. The molecule has 0 unspecified atom stereocenters. The second-order valence-electron chi connectivity index (χ2n) is 7.53. The molecule has 1 amide bonds.